The predicted molar refractivity (Wildman–Crippen MR) is 113 cm³/mol. The number of amides is 3. The Balaban J connectivity index is 3.52. The van der Waals surface area contributed by atoms with Gasteiger partial charge in [-0.3, -0.25) is 14.4 Å². The summed E-state index contributed by atoms with van der Waals surface area (Å²) in [5.74, 6) is -0.504. The van der Waals surface area contributed by atoms with Crippen LogP contribution in [0.15, 0.2) is 0 Å². The molecular weight excluding hydrogens is 418 g/mol. The molecule has 0 aliphatic rings. The maximum Gasteiger partial charge on any atom is 0.243 e. The maximum absolute atomic E-state index is 11.9. The number of carbonyl (C=O) groups is 3. The van der Waals surface area contributed by atoms with Crippen molar-refractivity contribution in [3.05, 3.63) is 0 Å². The molecular formula is C18H35N3O8S. The molecule has 0 saturated carbocycles. The Morgan fingerprint density at radius 1 is 0.867 bits per heavy atom. The Hall–Kier alpha value is -1.44. The topological polar surface area (TPSA) is 133 Å². The van der Waals surface area contributed by atoms with Crippen molar-refractivity contribution in [2.24, 2.45) is 0 Å². The van der Waals surface area contributed by atoms with Crippen LogP contribution in [0.25, 0.3) is 0 Å². The van der Waals surface area contributed by atoms with Crippen molar-refractivity contribution in [3.63, 3.8) is 0 Å². The zero-order valence-corrected chi connectivity index (χ0v) is 18.5. The molecule has 3 N–H and O–H groups in total. The third kappa shape index (κ3) is 18.6. The van der Waals surface area contributed by atoms with E-state index < -0.39 is 6.04 Å². The molecule has 0 radical (unpaired) electrons. The van der Waals surface area contributed by atoms with E-state index >= 15 is 0 Å². The third-order valence-electron chi connectivity index (χ3n) is 3.51. The van der Waals surface area contributed by atoms with Gasteiger partial charge in [-0.1, -0.05) is 0 Å². The fourth-order valence-electron chi connectivity index (χ4n) is 1.97. The molecule has 0 spiro atoms. The van der Waals surface area contributed by atoms with Gasteiger partial charge in [-0.2, -0.15) is 12.6 Å². The van der Waals surface area contributed by atoms with Crippen molar-refractivity contribution in [2.75, 3.05) is 85.4 Å². The summed E-state index contributed by atoms with van der Waals surface area (Å²) in [6, 6.07) is -0.745. The molecule has 0 bridgehead atoms. The van der Waals surface area contributed by atoms with E-state index in [1.807, 2.05) is 0 Å². The predicted octanol–water partition coefficient (Wildman–Crippen LogP) is -1.63. The van der Waals surface area contributed by atoms with E-state index in [2.05, 4.69) is 28.6 Å². The van der Waals surface area contributed by atoms with Gasteiger partial charge in [0.2, 0.25) is 18.2 Å². The number of rotatable bonds is 22. The molecule has 176 valence electrons. The van der Waals surface area contributed by atoms with Crippen LogP contribution >= 0.6 is 12.6 Å². The van der Waals surface area contributed by atoms with E-state index in [4.69, 9.17) is 23.7 Å². The largest absolute Gasteiger partial charge is 0.382 e. The second-order valence-electron chi connectivity index (χ2n) is 5.86. The summed E-state index contributed by atoms with van der Waals surface area (Å²) in [6.07, 6.45) is 0.668. The molecule has 0 aliphatic carbocycles. The molecule has 0 fully saturated rings. The molecule has 11 nitrogen and oxygen atoms in total. The van der Waals surface area contributed by atoms with Crippen molar-refractivity contribution in [3.8, 4) is 0 Å². The number of carbonyl (C=O) groups excluding carboxylic acids is 3. The molecule has 0 heterocycles. The summed E-state index contributed by atoms with van der Waals surface area (Å²) >= 11 is 4.07. The lowest BCUT2D eigenvalue weighted by Gasteiger charge is -2.16. The van der Waals surface area contributed by atoms with E-state index in [0.29, 0.717) is 65.8 Å². The monoisotopic (exact) mass is 453 g/mol. The fourth-order valence-corrected chi connectivity index (χ4v) is 2.23. The summed E-state index contributed by atoms with van der Waals surface area (Å²) in [5, 5.41) is 7.62. The summed E-state index contributed by atoms with van der Waals surface area (Å²) in [7, 11) is 1.62. The van der Waals surface area contributed by atoms with E-state index in [9.17, 15) is 14.4 Å². The molecule has 0 aromatic heterocycles. The summed E-state index contributed by atoms with van der Waals surface area (Å²) in [5.41, 5.74) is 0. The van der Waals surface area contributed by atoms with Crippen LogP contribution in [0.2, 0.25) is 0 Å². The highest BCUT2D eigenvalue weighted by atomic mass is 32.1. The van der Waals surface area contributed by atoms with Crippen LogP contribution in [0.1, 0.15) is 6.42 Å². The lowest BCUT2D eigenvalue weighted by molar-refractivity contribution is -0.129. The molecule has 1 atom stereocenters. The third-order valence-corrected chi connectivity index (χ3v) is 3.87. The van der Waals surface area contributed by atoms with Crippen molar-refractivity contribution >= 4 is 30.9 Å². The highest BCUT2D eigenvalue weighted by Crippen LogP contribution is 1.92. The molecule has 0 saturated heterocycles. The minimum atomic E-state index is -0.745. The minimum absolute atomic E-state index is 0.121. The number of ether oxygens (including phenoxy) is 5. The minimum Gasteiger partial charge on any atom is -0.382 e. The smallest absolute Gasteiger partial charge is 0.243 e. The standard InChI is InChI=1S/C18H35N3O8S/c1-25-6-7-27-10-11-29-13-12-28-9-8-26-5-2-17(23)21-16(14-30)18(24)20-4-3-19-15-22/h15-16,30H,2-14H2,1H3,(H,19,22)(H,20,24)(H,21,23). The Kier molecular flexibility index (Phi) is 21.2. The van der Waals surface area contributed by atoms with E-state index in [0.717, 1.165) is 0 Å². The van der Waals surface area contributed by atoms with Crippen LogP contribution < -0.4 is 16.0 Å². The van der Waals surface area contributed by atoms with Gasteiger partial charge < -0.3 is 39.6 Å². The molecule has 0 aromatic carbocycles. The Morgan fingerprint density at radius 2 is 1.40 bits per heavy atom. The molecule has 0 rings (SSSR count). The molecule has 0 aliphatic heterocycles. The molecule has 12 heteroatoms. The van der Waals surface area contributed by atoms with Gasteiger partial charge in [0.1, 0.15) is 6.04 Å². The van der Waals surface area contributed by atoms with Gasteiger partial charge in [0.25, 0.3) is 0 Å². The fraction of sp³-hybridized carbons (Fsp3) is 0.833. The first-order chi connectivity index (χ1) is 14.7. The zero-order valence-electron chi connectivity index (χ0n) is 17.6. The highest BCUT2D eigenvalue weighted by molar-refractivity contribution is 7.80. The van der Waals surface area contributed by atoms with Crippen LogP contribution in [0, 0.1) is 0 Å². The van der Waals surface area contributed by atoms with Crippen LogP contribution in [0.3, 0.4) is 0 Å². The number of nitrogens with one attached hydrogen (secondary N) is 3. The SMILES string of the molecule is COCCOCCOCCOCCOCCC(=O)NC(CS)C(=O)NCCNC=O. The van der Waals surface area contributed by atoms with Crippen molar-refractivity contribution in [2.45, 2.75) is 12.5 Å². The lowest BCUT2D eigenvalue weighted by atomic mass is 10.3. The number of hydrogen-bond acceptors (Lipinski definition) is 9. The van der Waals surface area contributed by atoms with Crippen LogP contribution in [0.4, 0.5) is 0 Å². The normalized spacial score (nSPS) is 11.7. The van der Waals surface area contributed by atoms with E-state index in [1.165, 1.54) is 0 Å². The number of methoxy groups -OCH3 is 1. The van der Waals surface area contributed by atoms with Gasteiger partial charge in [0.05, 0.1) is 59.5 Å². The first-order valence-corrected chi connectivity index (χ1v) is 10.4. The molecule has 3 amide bonds. The Morgan fingerprint density at radius 3 is 1.90 bits per heavy atom. The highest BCUT2D eigenvalue weighted by Gasteiger charge is 2.18. The lowest BCUT2D eigenvalue weighted by Crippen LogP contribution is -2.49. The first-order valence-electron chi connectivity index (χ1n) is 9.80. The van der Waals surface area contributed by atoms with Crippen LogP contribution in [0.5, 0.6) is 0 Å². The average molecular weight is 454 g/mol. The van der Waals surface area contributed by atoms with Crippen LogP contribution in [-0.2, 0) is 38.1 Å². The van der Waals surface area contributed by atoms with Crippen molar-refractivity contribution in [1.82, 2.24) is 16.0 Å². The van der Waals surface area contributed by atoms with Crippen molar-refractivity contribution < 1.29 is 38.1 Å². The van der Waals surface area contributed by atoms with Gasteiger partial charge in [-0.15, -0.1) is 0 Å². The molecule has 30 heavy (non-hydrogen) atoms. The van der Waals surface area contributed by atoms with Gasteiger partial charge >= 0.3 is 0 Å². The average Bonchev–Trinajstić information content (AvgIpc) is 2.75. The van der Waals surface area contributed by atoms with Gasteiger partial charge in [-0.25, -0.2) is 0 Å². The second kappa shape index (κ2) is 22.2. The van der Waals surface area contributed by atoms with Gasteiger partial charge in [0.15, 0.2) is 0 Å². The van der Waals surface area contributed by atoms with Crippen molar-refractivity contribution in [1.29, 1.82) is 0 Å². The van der Waals surface area contributed by atoms with Crippen LogP contribution in [-0.4, -0.2) is 110 Å². The molecule has 0 aromatic rings. The second-order valence-corrected chi connectivity index (χ2v) is 6.22. The number of hydrogen-bond donors (Lipinski definition) is 4. The Labute approximate surface area is 183 Å². The number of thiol groups is 1. The van der Waals surface area contributed by atoms with Gasteiger partial charge in [-0.05, 0) is 0 Å². The summed E-state index contributed by atoms with van der Waals surface area (Å²) in [4.78, 5) is 33.9. The Bertz CT molecular complexity index is 446. The summed E-state index contributed by atoms with van der Waals surface area (Å²) < 4.78 is 26.1. The molecule has 1 unspecified atom stereocenters. The quantitative estimate of drug-likeness (QED) is 0.0872. The van der Waals surface area contributed by atoms with Gasteiger partial charge in [0, 0.05) is 32.4 Å². The zero-order chi connectivity index (χ0) is 22.3. The maximum atomic E-state index is 11.9. The first kappa shape index (κ1) is 28.6. The van der Waals surface area contributed by atoms with E-state index in [1.54, 1.807) is 7.11 Å². The van der Waals surface area contributed by atoms with E-state index in [-0.39, 0.29) is 37.1 Å². The summed E-state index contributed by atoms with van der Waals surface area (Å²) in [6.45, 7) is 4.60.